The summed E-state index contributed by atoms with van der Waals surface area (Å²) >= 11 is 5.98. The number of hydrogen-bond donors (Lipinski definition) is 2. The molecule has 0 aliphatic carbocycles. The second-order valence-corrected chi connectivity index (χ2v) is 8.36. The molecular formula is C23H25ClN6O3. The molecule has 4 rings (SSSR count). The first-order valence-electron chi connectivity index (χ1n) is 10.7. The summed E-state index contributed by atoms with van der Waals surface area (Å²) in [4.78, 5) is 41.2. The Kier molecular flexibility index (Phi) is 6.79. The molecule has 3 N–H and O–H groups in total. The standard InChI is InChI=1S/C23H25ClN6O3/c24-16-6-4-7-17(14-16)26-23(33)29-11-5-10-28(12-13-29)22(32)19-15-20(21(25)31)30(27-19)18-8-2-1-3-9-18/h1-4,6-9,14,20H,5,10-13,15H2,(H2,25,31)(H,26,33). The number of nitrogens with zero attached hydrogens (tertiary/aromatic N) is 4. The number of hydrazone groups is 1. The summed E-state index contributed by atoms with van der Waals surface area (Å²) < 4.78 is 0. The fraction of sp³-hybridized carbons (Fsp3) is 0.304. The minimum absolute atomic E-state index is 0.151. The number of urea groups is 1. The SMILES string of the molecule is NC(=O)C1CC(C(=O)N2CCCN(C(=O)Nc3cccc(Cl)c3)CC2)=NN1c1ccccc1. The number of para-hydroxylation sites is 1. The molecule has 2 heterocycles. The molecule has 10 heteroatoms. The molecule has 0 radical (unpaired) electrons. The lowest BCUT2D eigenvalue weighted by Gasteiger charge is -2.22. The van der Waals surface area contributed by atoms with Gasteiger partial charge in [0.2, 0.25) is 5.91 Å². The maximum absolute atomic E-state index is 13.2. The highest BCUT2D eigenvalue weighted by molar-refractivity contribution is 6.40. The van der Waals surface area contributed by atoms with Gasteiger partial charge in [-0.3, -0.25) is 14.6 Å². The Bertz CT molecular complexity index is 1080. The average Bonchev–Trinajstić information content (AvgIpc) is 3.11. The van der Waals surface area contributed by atoms with Gasteiger partial charge in [0.15, 0.2) is 0 Å². The Balaban J connectivity index is 1.41. The Morgan fingerprint density at radius 1 is 0.970 bits per heavy atom. The van der Waals surface area contributed by atoms with Crippen LogP contribution in [0.15, 0.2) is 59.7 Å². The van der Waals surface area contributed by atoms with Crippen LogP contribution in [-0.2, 0) is 9.59 Å². The minimum Gasteiger partial charge on any atom is -0.368 e. The molecule has 172 valence electrons. The van der Waals surface area contributed by atoms with Crippen LogP contribution in [-0.4, -0.2) is 65.6 Å². The molecule has 33 heavy (non-hydrogen) atoms. The van der Waals surface area contributed by atoms with Gasteiger partial charge in [-0.1, -0.05) is 35.9 Å². The first-order chi connectivity index (χ1) is 15.9. The molecule has 2 aliphatic rings. The van der Waals surface area contributed by atoms with Gasteiger partial charge in [-0.25, -0.2) is 4.79 Å². The molecule has 0 spiro atoms. The Labute approximate surface area is 196 Å². The number of amides is 4. The number of nitrogens with two attached hydrogens (primary N) is 1. The van der Waals surface area contributed by atoms with Gasteiger partial charge in [0.05, 0.1) is 5.69 Å². The van der Waals surface area contributed by atoms with Crippen LogP contribution in [0, 0.1) is 0 Å². The van der Waals surface area contributed by atoms with Crippen LogP contribution in [0.5, 0.6) is 0 Å². The van der Waals surface area contributed by atoms with E-state index in [-0.39, 0.29) is 18.4 Å². The third-order valence-electron chi connectivity index (χ3n) is 5.65. The third-order valence-corrected chi connectivity index (χ3v) is 5.89. The number of nitrogens with one attached hydrogen (secondary N) is 1. The van der Waals surface area contributed by atoms with Crippen LogP contribution in [0.25, 0.3) is 0 Å². The van der Waals surface area contributed by atoms with Crippen molar-refractivity contribution in [1.29, 1.82) is 0 Å². The highest BCUT2D eigenvalue weighted by atomic mass is 35.5. The highest BCUT2D eigenvalue weighted by Crippen LogP contribution is 2.25. The summed E-state index contributed by atoms with van der Waals surface area (Å²) in [7, 11) is 0. The molecule has 2 aromatic carbocycles. The van der Waals surface area contributed by atoms with Crippen molar-refractivity contribution < 1.29 is 14.4 Å². The zero-order valence-electron chi connectivity index (χ0n) is 18.0. The van der Waals surface area contributed by atoms with Crippen molar-refractivity contribution in [3.8, 4) is 0 Å². The summed E-state index contributed by atoms with van der Waals surface area (Å²) in [6.45, 7) is 1.76. The lowest BCUT2D eigenvalue weighted by atomic mass is 10.1. The predicted molar refractivity (Wildman–Crippen MR) is 127 cm³/mol. The van der Waals surface area contributed by atoms with Crippen molar-refractivity contribution in [2.45, 2.75) is 18.9 Å². The number of halogens is 1. The van der Waals surface area contributed by atoms with Crippen molar-refractivity contribution in [2.24, 2.45) is 10.8 Å². The van der Waals surface area contributed by atoms with Gasteiger partial charge < -0.3 is 20.9 Å². The van der Waals surface area contributed by atoms with Crippen LogP contribution >= 0.6 is 11.6 Å². The van der Waals surface area contributed by atoms with E-state index in [9.17, 15) is 14.4 Å². The smallest absolute Gasteiger partial charge is 0.321 e. The number of benzene rings is 2. The molecule has 4 amide bonds. The monoisotopic (exact) mass is 468 g/mol. The second kappa shape index (κ2) is 9.91. The van der Waals surface area contributed by atoms with Gasteiger partial charge in [0.1, 0.15) is 11.8 Å². The Morgan fingerprint density at radius 2 is 1.70 bits per heavy atom. The molecule has 1 atom stereocenters. The first-order valence-corrected chi connectivity index (χ1v) is 11.1. The Morgan fingerprint density at radius 3 is 2.42 bits per heavy atom. The van der Waals surface area contributed by atoms with Crippen LogP contribution in [0.2, 0.25) is 5.02 Å². The lowest BCUT2D eigenvalue weighted by molar-refractivity contribution is -0.124. The largest absolute Gasteiger partial charge is 0.368 e. The number of primary amides is 1. The molecule has 1 fully saturated rings. The molecule has 0 bridgehead atoms. The van der Waals surface area contributed by atoms with E-state index >= 15 is 0 Å². The van der Waals surface area contributed by atoms with Crippen molar-refractivity contribution in [2.75, 3.05) is 36.5 Å². The topological polar surface area (TPSA) is 111 Å². The quantitative estimate of drug-likeness (QED) is 0.718. The molecule has 2 aliphatic heterocycles. The maximum Gasteiger partial charge on any atom is 0.321 e. The van der Waals surface area contributed by atoms with Crippen LogP contribution in [0.3, 0.4) is 0 Å². The van der Waals surface area contributed by atoms with E-state index in [0.717, 1.165) is 0 Å². The molecule has 1 saturated heterocycles. The van der Waals surface area contributed by atoms with Gasteiger partial charge in [0, 0.05) is 43.3 Å². The van der Waals surface area contributed by atoms with Crippen molar-refractivity contribution in [1.82, 2.24) is 9.80 Å². The number of anilines is 2. The minimum atomic E-state index is -0.710. The molecule has 1 unspecified atom stereocenters. The van der Waals surface area contributed by atoms with E-state index in [0.29, 0.717) is 54.7 Å². The predicted octanol–water partition coefficient (Wildman–Crippen LogP) is 2.53. The third kappa shape index (κ3) is 5.25. The van der Waals surface area contributed by atoms with Gasteiger partial charge in [-0.15, -0.1) is 0 Å². The normalized spacial score (nSPS) is 18.5. The molecule has 2 aromatic rings. The van der Waals surface area contributed by atoms with E-state index in [1.165, 1.54) is 5.01 Å². The van der Waals surface area contributed by atoms with E-state index in [2.05, 4.69) is 10.4 Å². The van der Waals surface area contributed by atoms with E-state index in [4.69, 9.17) is 17.3 Å². The van der Waals surface area contributed by atoms with E-state index in [1.54, 1.807) is 34.1 Å². The summed E-state index contributed by atoms with van der Waals surface area (Å²) in [5, 5.41) is 9.33. The van der Waals surface area contributed by atoms with Crippen molar-refractivity contribution in [3.05, 3.63) is 59.6 Å². The van der Waals surface area contributed by atoms with Crippen LogP contribution in [0.4, 0.5) is 16.2 Å². The van der Waals surface area contributed by atoms with Crippen molar-refractivity contribution >= 4 is 46.5 Å². The second-order valence-electron chi connectivity index (χ2n) is 7.92. The highest BCUT2D eigenvalue weighted by Gasteiger charge is 2.37. The fourth-order valence-electron chi connectivity index (χ4n) is 3.95. The molecule has 0 saturated carbocycles. The van der Waals surface area contributed by atoms with Crippen molar-refractivity contribution in [3.63, 3.8) is 0 Å². The van der Waals surface area contributed by atoms with Crippen LogP contribution in [0.1, 0.15) is 12.8 Å². The zero-order chi connectivity index (χ0) is 23.4. The fourth-order valence-corrected chi connectivity index (χ4v) is 4.14. The summed E-state index contributed by atoms with van der Waals surface area (Å²) in [5.41, 5.74) is 7.18. The van der Waals surface area contributed by atoms with E-state index in [1.807, 2.05) is 30.3 Å². The van der Waals surface area contributed by atoms with Gasteiger partial charge in [-0.2, -0.15) is 5.10 Å². The van der Waals surface area contributed by atoms with Gasteiger partial charge in [0.25, 0.3) is 5.91 Å². The first kappa shape index (κ1) is 22.6. The van der Waals surface area contributed by atoms with Crippen LogP contribution < -0.4 is 16.1 Å². The molecular weight excluding hydrogens is 444 g/mol. The number of rotatable bonds is 4. The molecule has 9 nitrogen and oxygen atoms in total. The maximum atomic E-state index is 13.2. The average molecular weight is 469 g/mol. The summed E-state index contributed by atoms with van der Waals surface area (Å²) in [6.07, 6.45) is 0.780. The number of hydrogen-bond acceptors (Lipinski definition) is 5. The number of carbonyl (C=O) groups excluding carboxylic acids is 3. The number of carbonyl (C=O) groups is 3. The zero-order valence-corrected chi connectivity index (χ0v) is 18.7. The Hall–Kier alpha value is -3.59. The summed E-state index contributed by atoms with van der Waals surface area (Å²) in [5.74, 6) is -0.776. The van der Waals surface area contributed by atoms with Gasteiger partial charge >= 0.3 is 6.03 Å². The van der Waals surface area contributed by atoms with E-state index < -0.39 is 11.9 Å². The lowest BCUT2D eigenvalue weighted by Crippen LogP contribution is -2.42. The molecule has 0 aromatic heterocycles. The van der Waals surface area contributed by atoms with Gasteiger partial charge in [-0.05, 0) is 36.8 Å². The summed E-state index contributed by atoms with van der Waals surface area (Å²) in [6, 6.07) is 15.2.